The number of hydrogen-bond donors (Lipinski definition) is 1. The van der Waals surface area contributed by atoms with Crippen molar-refractivity contribution in [2.24, 2.45) is 5.73 Å². The number of hydrogen-bond acceptors (Lipinski definition) is 2. The highest BCUT2D eigenvalue weighted by molar-refractivity contribution is 5.75. The smallest absolute Gasteiger partial charge is 0.231 e. The van der Waals surface area contributed by atoms with Crippen LogP contribution in [0.15, 0.2) is 42.5 Å². The maximum atomic E-state index is 10.9. The van der Waals surface area contributed by atoms with E-state index in [-0.39, 0.29) is 12.5 Å². The predicted molar refractivity (Wildman–Crippen MR) is 65.7 cm³/mol. The van der Waals surface area contributed by atoms with E-state index in [1.165, 1.54) is 5.56 Å². The quantitative estimate of drug-likeness (QED) is 0.736. The Hall–Kier alpha value is -1.61. The number of benzene rings is 1. The Bertz CT molecular complexity index is 343. The first-order valence-corrected chi connectivity index (χ1v) is 5.27. The summed E-state index contributed by atoms with van der Waals surface area (Å²) in [5.41, 5.74) is 7.41. The average molecular weight is 218 g/mol. The van der Waals surface area contributed by atoms with Gasteiger partial charge in [-0.25, -0.2) is 0 Å². The second kappa shape index (κ2) is 6.08. The van der Waals surface area contributed by atoms with Crippen molar-refractivity contribution in [1.82, 2.24) is 4.90 Å². The lowest BCUT2D eigenvalue weighted by atomic mass is 10.2. The normalized spacial score (nSPS) is 10.4. The number of carbonyl (C=O) groups excluding carboxylic acids is 1. The SMILES string of the molecule is C=C(C)CN(CC(N)=O)Cc1ccccc1. The number of amides is 1. The molecule has 0 aliphatic rings. The van der Waals surface area contributed by atoms with Crippen molar-refractivity contribution in [2.45, 2.75) is 13.5 Å². The van der Waals surface area contributed by atoms with Gasteiger partial charge in [0.15, 0.2) is 0 Å². The van der Waals surface area contributed by atoms with Crippen molar-refractivity contribution in [2.75, 3.05) is 13.1 Å². The van der Waals surface area contributed by atoms with Crippen molar-refractivity contribution in [3.05, 3.63) is 48.0 Å². The van der Waals surface area contributed by atoms with Crippen LogP contribution in [0.2, 0.25) is 0 Å². The molecular weight excluding hydrogens is 200 g/mol. The molecule has 0 aliphatic heterocycles. The fourth-order valence-corrected chi connectivity index (χ4v) is 1.61. The second-order valence-corrected chi connectivity index (χ2v) is 4.05. The predicted octanol–water partition coefficient (Wildman–Crippen LogP) is 1.55. The molecule has 1 amide bonds. The van der Waals surface area contributed by atoms with E-state index in [1.54, 1.807) is 0 Å². The first kappa shape index (κ1) is 12.5. The maximum absolute atomic E-state index is 10.9. The minimum atomic E-state index is -0.308. The Morgan fingerprint density at radius 3 is 2.44 bits per heavy atom. The lowest BCUT2D eigenvalue weighted by Crippen LogP contribution is -2.34. The third-order valence-corrected chi connectivity index (χ3v) is 2.12. The van der Waals surface area contributed by atoms with Gasteiger partial charge in [0.1, 0.15) is 0 Å². The molecule has 0 saturated heterocycles. The lowest BCUT2D eigenvalue weighted by molar-refractivity contribution is -0.119. The molecule has 1 aromatic carbocycles. The van der Waals surface area contributed by atoms with Gasteiger partial charge in [-0.15, -0.1) is 0 Å². The summed E-state index contributed by atoms with van der Waals surface area (Å²) in [6.07, 6.45) is 0. The minimum absolute atomic E-state index is 0.266. The van der Waals surface area contributed by atoms with Crippen LogP contribution in [0.3, 0.4) is 0 Å². The molecule has 2 N–H and O–H groups in total. The first-order chi connectivity index (χ1) is 7.58. The summed E-state index contributed by atoms with van der Waals surface area (Å²) in [7, 11) is 0. The van der Waals surface area contributed by atoms with Crippen LogP contribution in [0.4, 0.5) is 0 Å². The summed E-state index contributed by atoms with van der Waals surface area (Å²) in [5, 5.41) is 0. The largest absolute Gasteiger partial charge is 0.369 e. The third-order valence-electron chi connectivity index (χ3n) is 2.12. The van der Waals surface area contributed by atoms with Crippen LogP contribution >= 0.6 is 0 Å². The molecule has 0 bridgehead atoms. The van der Waals surface area contributed by atoms with E-state index in [0.717, 1.165) is 12.1 Å². The molecule has 0 radical (unpaired) electrons. The average Bonchev–Trinajstić information content (AvgIpc) is 2.16. The van der Waals surface area contributed by atoms with E-state index in [2.05, 4.69) is 6.58 Å². The summed E-state index contributed by atoms with van der Waals surface area (Å²) in [6, 6.07) is 10.0. The van der Waals surface area contributed by atoms with Crippen LogP contribution < -0.4 is 5.73 Å². The van der Waals surface area contributed by atoms with Gasteiger partial charge >= 0.3 is 0 Å². The van der Waals surface area contributed by atoms with Crippen LogP contribution in [0.5, 0.6) is 0 Å². The van der Waals surface area contributed by atoms with Crippen molar-refractivity contribution >= 4 is 5.91 Å². The zero-order valence-electron chi connectivity index (χ0n) is 9.65. The monoisotopic (exact) mass is 218 g/mol. The molecule has 0 aromatic heterocycles. The van der Waals surface area contributed by atoms with Crippen LogP contribution in [-0.4, -0.2) is 23.9 Å². The third kappa shape index (κ3) is 4.75. The highest BCUT2D eigenvalue weighted by Crippen LogP contribution is 2.05. The van der Waals surface area contributed by atoms with Crippen LogP contribution in [0.25, 0.3) is 0 Å². The Morgan fingerprint density at radius 2 is 1.94 bits per heavy atom. The molecule has 0 aliphatic carbocycles. The summed E-state index contributed by atoms with van der Waals surface area (Å²) in [6.45, 7) is 7.47. The molecule has 86 valence electrons. The molecule has 0 unspecified atom stereocenters. The maximum Gasteiger partial charge on any atom is 0.231 e. The van der Waals surface area contributed by atoms with Gasteiger partial charge in [0.2, 0.25) is 5.91 Å². The Balaban J connectivity index is 2.63. The van der Waals surface area contributed by atoms with Crippen LogP contribution in [0, 0.1) is 0 Å². The lowest BCUT2D eigenvalue weighted by Gasteiger charge is -2.20. The highest BCUT2D eigenvalue weighted by atomic mass is 16.1. The molecule has 0 fully saturated rings. The van der Waals surface area contributed by atoms with E-state index < -0.39 is 0 Å². The van der Waals surface area contributed by atoms with Crippen LogP contribution in [0.1, 0.15) is 12.5 Å². The standard InChI is InChI=1S/C13H18N2O/c1-11(2)8-15(10-13(14)16)9-12-6-4-3-5-7-12/h3-7H,1,8-10H2,2H3,(H2,14,16). The number of primary amides is 1. The molecule has 0 heterocycles. The van der Waals surface area contributed by atoms with Crippen molar-refractivity contribution in [3.8, 4) is 0 Å². The summed E-state index contributed by atoms with van der Waals surface area (Å²) in [4.78, 5) is 12.9. The van der Waals surface area contributed by atoms with E-state index in [4.69, 9.17) is 5.73 Å². The van der Waals surface area contributed by atoms with E-state index in [1.807, 2.05) is 42.2 Å². The van der Waals surface area contributed by atoms with E-state index in [9.17, 15) is 4.79 Å². The summed E-state index contributed by atoms with van der Waals surface area (Å²) >= 11 is 0. The van der Waals surface area contributed by atoms with E-state index >= 15 is 0 Å². The van der Waals surface area contributed by atoms with Crippen molar-refractivity contribution in [3.63, 3.8) is 0 Å². The molecule has 0 spiro atoms. The van der Waals surface area contributed by atoms with Crippen molar-refractivity contribution < 1.29 is 4.79 Å². The van der Waals surface area contributed by atoms with Crippen LogP contribution in [-0.2, 0) is 11.3 Å². The Kier molecular flexibility index (Phi) is 4.73. The Labute approximate surface area is 96.6 Å². The molecule has 0 saturated carbocycles. The van der Waals surface area contributed by atoms with Gasteiger partial charge in [-0.3, -0.25) is 9.69 Å². The fraction of sp³-hybridized carbons (Fsp3) is 0.308. The Morgan fingerprint density at radius 1 is 1.31 bits per heavy atom. The second-order valence-electron chi connectivity index (χ2n) is 4.05. The first-order valence-electron chi connectivity index (χ1n) is 5.27. The molecule has 3 nitrogen and oxygen atoms in total. The molecule has 3 heteroatoms. The zero-order chi connectivity index (χ0) is 12.0. The topological polar surface area (TPSA) is 46.3 Å². The molecule has 0 atom stereocenters. The van der Waals surface area contributed by atoms with Gasteiger partial charge in [0.05, 0.1) is 6.54 Å². The summed E-state index contributed by atoms with van der Waals surface area (Å²) in [5.74, 6) is -0.308. The van der Waals surface area contributed by atoms with Gasteiger partial charge in [-0.05, 0) is 12.5 Å². The van der Waals surface area contributed by atoms with Gasteiger partial charge in [-0.1, -0.05) is 42.5 Å². The van der Waals surface area contributed by atoms with E-state index in [0.29, 0.717) is 6.54 Å². The molecular formula is C13H18N2O. The van der Waals surface area contributed by atoms with Gasteiger partial charge < -0.3 is 5.73 Å². The van der Waals surface area contributed by atoms with Gasteiger partial charge in [-0.2, -0.15) is 0 Å². The highest BCUT2D eigenvalue weighted by Gasteiger charge is 2.08. The van der Waals surface area contributed by atoms with Gasteiger partial charge in [0, 0.05) is 13.1 Å². The van der Waals surface area contributed by atoms with Gasteiger partial charge in [0.25, 0.3) is 0 Å². The zero-order valence-corrected chi connectivity index (χ0v) is 9.65. The number of rotatable bonds is 6. The molecule has 16 heavy (non-hydrogen) atoms. The number of carbonyl (C=O) groups is 1. The molecule has 1 rings (SSSR count). The molecule has 1 aromatic rings. The minimum Gasteiger partial charge on any atom is -0.369 e. The summed E-state index contributed by atoms with van der Waals surface area (Å²) < 4.78 is 0. The fourth-order valence-electron chi connectivity index (χ4n) is 1.61. The number of nitrogens with two attached hydrogens (primary N) is 1. The van der Waals surface area contributed by atoms with Crippen molar-refractivity contribution in [1.29, 1.82) is 0 Å². The number of nitrogens with zero attached hydrogens (tertiary/aromatic N) is 1.